The summed E-state index contributed by atoms with van der Waals surface area (Å²) in [5, 5.41) is 1.23. The number of hydrogen-bond donors (Lipinski definition) is 1. The van der Waals surface area contributed by atoms with E-state index in [0.717, 1.165) is 42.6 Å². The summed E-state index contributed by atoms with van der Waals surface area (Å²) in [4.78, 5) is 17.1. The molecule has 2 heterocycles. The molecule has 1 unspecified atom stereocenters. The van der Waals surface area contributed by atoms with E-state index in [9.17, 15) is 4.79 Å². The number of aromatic nitrogens is 1. The maximum Gasteiger partial charge on any atom is 0.309 e. The smallest absolute Gasteiger partial charge is 0.309 e. The van der Waals surface area contributed by atoms with E-state index >= 15 is 0 Å². The molecule has 36 heavy (non-hydrogen) atoms. The summed E-state index contributed by atoms with van der Waals surface area (Å²) in [7, 11) is 1.69. The lowest BCUT2D eigenvalue weighted by molar-refractivity contribution is -0.203. The van der Waals surface area contributed by atoms with Crippen LogP contribution in [0, 0.1) is 23.2 Å². The summed E-state index contributed by atoms with van der Waals surface area (Å²) in [6.45, 7) is 7.33. The lowest BCUT2D eigenvalue weighted by Crippen LogP contribution is -2.59. The van der Waals surface area contributed by atoms with Gasteiger partial charge in [0.1, 0.15) is 17.5 Å². The third-order valence-electron chi connectivity index (χ3n) is 9.52. The first kappa shape index (κ1) is 23.6. The Kier molecular flexibility index (Phi) is 5.67. The predicted octanol–water partition coefficient (Wildman–Crippen LogP) is 6.19. The predicted molar refractivity (Wildman–Crippen MR) is 140 cm³/mol. The fourth-order valence-electron chi connectivity index (χ4n) is 7.25. The number of fused-ring (bicyclic) bond motifs is 5. The van der Waals surface area contributed by atoms with Crippen molar-refractivity contribution in [1.29, 1.82) is 0 Å². The van der Waals surface area contributed by atoms with Gasteiger partial charge in [0.25, 0.3) is 0 Å². The quantitative estimate of drug-likeness (QED) is 0.421. The maximum atomic E-state index is 13.5. The summed E-state index contributed by atoms with van der Waals surface area (Å²) in [5.74, 6) is 2.16. The Morgan fingerprint density at radius 3 is 2.61 bits per heavy atom. The highest BCUT2D eigenvalue weighted by atomic mass is 16.6. The number of H-pyrrole nitrogens is 1. The number of benzene rings is 2. The molecule has 190 valence electrons. The Morgan fingerprint density at radius 1 is 1.08 bits per heavy atom. The Morgan fingerprint density at radius 2 is 1.86 bits per heavy atom. The Bertz CT molecular complexity index is 1280. The van der Waals surface area contributed by atoms with Crippen molar-refractivity contribution in [3.63, 3.8) is 0 Å². The molecule has 5 atom stereocenters. The van der Waals surface area contributed by atoms with Crippen LogP contribution in [0.15, 0.2) is 48.5 Å². The highest BCUT2D eigenvalue weighted by Gasteiger charge is 2.59. The molecule has 1 N–H and O–H groups in total. The van der Waals surface area contributed by atoms with Crippen molar-refractivity contribution in [1.82, 2.24) is 4.98 Å². The molecule has 0 saturated heterocycles. The lowest BCUT2D eigenvalue weighted by atomic mass is 9.45. The number of carbonyl (C=O) groups is 1. The zero-order valence-corrected chi connectivity index (χ0v) is 21.8. The van der Waals surface area contributed by atoms with Crippen molar-refractivity contribution in [2.45, 2.75) is 64.6 Å². The molecule has 2 aromatic carbocycles. The number of aromatic amines is 1. The van der Waals surface area contributed by atoms with Crippen LogP contribution in [0.3, 0.4) is 0 Å². The number of hydrogen-bond acceptors (Lipinski definition) is 4. The van der Waals surface area contributed by atoms with Gasteiger partial charge in [-0.15, -0.1) is 0 Å². The van der Waals surface area contributed by atoms with E-state index in [1.54, 1.807) is 7.11 Å². The molecule has 3 saturated carbocycles. The molecule has 7 rings (SSSR count). The summed E-state index contributed by atoms with van der Waals surface area (Å²) in [6.07, 6.45) is 4.19. The monoisotopic (exact) mass is 487 g/mol. The van der Waals surface area contributed by atoms with Gasteiger partial charge in [-0.3, -0.25) is 4.79 Å². The topological polar surface area (TPSA) is 60.6 Å². The first-order valence-electron chi connectivity index (χ1n) is 13.3. The van der Waals surface area contributed by atoms with E-state index < -0.39 is 5.60 Å². The summed E-state index contributed by atoms with van der Waals surface area (Å²) in [5.41, 5.74) is 4.17. The van der Waals surface area contributed by atoms with Gasteiger partial charge >= 0.3 is 5.97 Å². The van der Waals surface area contributed by atoms with E-state index in [4.69, 9.17) is 14.2 Å². The number of esters is 1. The van der Waals surface area contributed by atoms with Crippen molar-refractivity contribution < 1.29 is 19.0 Å². The summed E-state index contributed by atoms with van der Waals surface area (Å²) >= 11 is 0. The van der Waals surface area contributed by atoms with E-state index in [1.807, 2.05) is 25.1 Å². The van der Waals surface area contributed by atoms with E-state index in [2.05, 4.69) is 49.2 Å². The van der Waals surface area contributed by atoms with Gasteiger partial charge < -0.3 is 19.2 Å². The van der Waals surface area contributed by atoms with Gasteiger partial charge in [-0.2, -0.15) is 0 Å². The molecule has 5 nitrogen and oxygen atoms in total. The number of rotatable bonds is 6. The minimum atomic E-state index is -0.707. The van der Waals surface area contributed by atoms with Crippen LogP contribution in [-0.2, 0) is 32.7 Å². The SMILES string of the molecule is COc1ccc(C[C@@H]2C[C@H]3C[C@@H]([C@@H]2OC(=O)CC2(C)OCCc4c2[nH]c2ccccc42)C3(C)C)cc1. The molecule has 2 bridgehead atoms. The number of para-hydroxylation sites is 1. The molecule has 0 radical (unpaired) electrons. The van der Waals surface area contributed by atoms with Crippen LogP contribution in [0.5, 0.6) is 5.75 Å². The molecule has 0 spiro atoms. The van der Waals surface area contributed by atoms with Gasteiger partial charge in [0.15, 0.2) is 0 Å². The third kappa shape index (κ3) is 3.83. The van der Waals surface area contributed by atoms with Crippen molar-refractivity contribution >= 4 is 16.9 Å². The second kappa shape index (κ2) is 8.65. The molecule has 5 heteroatoms. The molecule has 3 fully saturated rings. The van der Waals surface area contributed by atoms with Crippen molar-refractivity contribution in [3.05, 3.63) is 65.4 Å². The van der Waals surface area contributed by atoms with Crippen LogP contribution >= 0.6 is 0 Å². The van der Waals surface area contributed by atoms with Gasteiger partial charge in [-0.1, -0.05) is 44.2 Å². The van der Waals surface area contributed by atoms with Crippen LogP contribution in [0.1, 0.15) is 56.9 Å². The van der Waals surface area contributed by atoms with Crippen LogP contribution in [0.2, 0.25) is 0 Å². The number of nitrogens with one attached hydrogen (secondary N) is 1. The standard InChI is InChI=1S/C31H37NO4/c1-30(2)21-16-20(15-19-9-11-22(34-4)12-10-19)28(25(30)17-21)36-27(33)18-31(3)29-24(13-14-35-31)23-7-5-6-8-26(23)32-29/h5-12,20-21,25,28,32H,13-18H2,1-4H3/t20-,21+,25+,28-,31?/m1/s1. The normalized spacial score (nSPS) is 30.3. The third-order valence-corrected chi connectivity index (χ3v) is 9.52. The molecule has 1 aliphatic heterocycles. The van der Waals surface area contributed by atoms with E-state index in [1.165, 1.54) is 16.5 Å². The van der Waals surface area contributed by atoms with Gasteiger partial charge in [0.2, 0.25) is 0 Å². The van der Waals surface area contributed by atoms with Gasteiger partial charge in [-0.05, 0) is 73.3 Å². The lowest BCUT2D eigenvalue weighted by Gasteiger charge is -2.61. The molecular formula is C31H37NO4. The molecule has 3 aromatic rings. The Balaban J connectivity index is 1.22. The summed E-state index contributed by atoms with van der Waals surface area (Å²) in [6, 6.07) is 16.7. The van der Waals surface area contributed by atoms with Gasteiger partial charge in [0, 0.05) is 22.7 Å². The highest BCUT2D eigenvalue weighted by Crippen LogP contribution is 2.62. The van der Waals surface area contributed by atoms with E-state index in [0.29, 0.717) is 24.4 Å². The Hall–Kier alpha value is -2.79. The first-order valence-corrected chi connectivity index (χ1v) is 13.3. The zero-order valence-electron chi connectivity index (χ0n) is 21.8. The average Bonchev–Trinajstić information content (AvgIpc) is 3.25. The second-order valence-electron chi connectivity index (χ2n) is 11.9. The second-order valence-corrected chi connectivity index (χ2v) is 11.9. The molecule has 4 aliphatic rings. The van der Waals surface area contributed by atoms with Crippen LogP contribution in [0.25, 0.3) is 10.9 Å². The molecule has 1 aromatic heterocycles. The molecule has 0 amide bonds. The van der Waals surface area contributed by atoms with Gasteiger partial charge in [0.05, 0.1) is 25.8 Å². The number of carbonyl (C=O) groups excluding carboxylic acids is 1. The minimum absolute atomic E-state index is 0.0611. The fraction of sp³-hybridized carbons (Fsp3) is 0.516. The highest BCUT2D eigenvalue weighted by molar-refractivity contribution is 5.85. The average molecular weight is 488 g/mol. The first-order chi connectivity index (χ1) is 17.3. The summed E-state index contributed by atoms with van der Waals surface area (Å²) < 4.78 is 18.0. The maximum absolute atomic E-state index is 13.5. The van der Waals surface area contributed by atoms with Crippen molar-refractivity contribution in [2.75, 3.05) is 13.7 Å². The van der Waals surface area contributed by atoms with Crippen LogP contribution in [0.4, 0.5) is 0 Å². The largest absolute Gasteiger partial charge is 0.497 e. The van der Waals surface area contributed by atoms with Crippen molar-refractivity contribution in [3.8, 4) is 5.75 Å². The fourth-order valence-corrected chi connectivity index (χ4v) is 7.25. The minimum Gasteiger partial charge on any atom is -0.497 e. The van der Waals surface area contributed by atoms with Gasteiger partial charge in [-0.25, -0.2) is 0 Å². The number of ether oxygens (including phenoxy) is 3. The van der Waals surface area contributed by atoms with Crippen LogP contribution in [-0.4, -0.2) is 30.8 Å². The molecular weight excluding hydrogens is 450 g/mol. The zero-order chi connectivity index (χ0) is 25.1. The molecule has 3 aliphatic carbocycles. The van der Waals surface area contributed by atoms with E-state index in [-0.39, 0.29) is 23.9 Å². The Labute approximate surface area is 213 Å². The van der Waals surface area contributed by atoms with Crippen molar-refractivity contribution in [2.24, 2.45) is 23.2 Å². The van der Waals surface area contributed by atoms with Crippen LogP contribution < -0.4 is 4.74 Å². The number of methoxy groups -OCH3 is 1.